The summed E-state index contributed by atoms with van der Waals surface area (Å²) in [6, 6.07) is 8.37. The zero-order chi connectivity index (χ0) is 11.8. The van der Waals surface area contributed by atoms with Crippen molar-refractivity contribution < 1.29 is 10.2 Å². The van der Waals surface area contributed by atoms with E-state index in [1.807, 2.05) is 0 Å². The molecule has 0 aromatic heterocycles. The van der Waals surface area contributed by atoms with Crippen LogP contribution >= 0.6 is 22.6 Å². The average molecular weight is 335 g/mol. The quantitative estimate of drug-likeness (QED) is 0.742. The monoisotopic (exact) mass is 335 g/mol. The summed E-state index contributed by atoms with van der Waals surface area (Å²) in [5, 5.41) is 17.7. The van der Waals surface area contributed by atoms with E-state index in [1.54, 1.807) is 0 Å². The van der Waals surface area contributed by atoms with Crippen molar-refractivity contribution in [3.05, 3.63) is 33.4 Å². The Morgan fingerprint density at radius 3 is 2.25 bits per heavy atom. The summed E-state index contributed by atoms with van der Waals surface area (Å²) in [5.74, 6) is 0. The van der Waals surface area contributed by atoms with Gasteiger partial charge in [-0.05, 0) is 46.7 Å². The molecule has 0 fully saturated rings. The molecule has 0 radical (unpaired) electrons. The molecule has 90 valence electrons. The van der Waals surface area contributed by atoms with Crippen LogP contribution < -0.4 is 0 Å². The van der Waals surface area contributed by atoms with Gasteiger partial charge in [0, 0.05) is 29.8 Å². The number of rotatable bonds is 7. The van der Waals surface area contributed by atoms with E-state index in [9.17, 15) is 0 Å². The lowest BCUT2D eigenvalue weighted by atomic mass is 10.2. The van der Waals surface area contributed by atoms with E-state index in [4.69, 9.17) is 10.2 Å². The van der Waals surface area contributed by atoms with Crippen LogP contribution in [-0.2, 0) is 6.54 Å². The molecule has 1 aromatic rings. The Labute approximate surface area is 110 Å². The first-order valence-corrected chi connectivity index (χ1v) is 6.52. The summed E-state index contributed by atoms with van der Waals surface area (Å²) in [4.78, 5) is 2.15. The summed E-state index contributed by atoms with van der Waals surface area (Å²) in [5.41, 5.74) is 1.24. The van der Waals surface area contributed by atoms with E-state index in [-0.39, 0.29) is 13.2 Å². The summed E-state index contributed by atoms with van der Waals surface area (Å²) >= 11 is 2.28. The number of benzene rings is 1. The van der Waals surface area contributed by atoms with E-state index < -0.39 is 0 Å². The summed E-state index contributed by atoms with van der Waals surface area (Å²) in [7, 11) is 0. The van der Waals surface area contributed by atoms with Gasteiger partial charge in [-0.25, -0.2) is 0 Å². The number of hydrogen-bond acceptors (Lipinski definition) is 3. The Balaban J connectivity index is 2.49. The van der Waals surface area contributed by atoms with Gasteiger partial charge in [-0.15, -0.1) is 0 Å². The molecule has 1 aromatic carbocycles. The standard InChI is InChI=1S/C12H18INO2/c13-12-4-2-11(3-5-12)10-14(7-9-16)6-1-8-15/h2-5,15-16H,1,6-10H2. The van der Waals surface area contributed by atoms with E-state index in [0.717, 1.165) is 19.5 Å². The Hall–Kier alpha value is -0.170. The van der Waals surface area contributed by atoms with Crippen LogP contribution in [0.15, 0.2) is 24.3 Å². The van der Waals surface area contributed by atoms with Gasteiger partial charge in [-0.2, -0.15) is 0 Å². The van der Waals surface area contributed by atoms with Crippen molar-refractivity contribution in [2.75, 3.05) is 26.3 Å². The van der Waals surface area contributed by atoms with Crippen LogP contribution in [0.5, 0.6) is 0 Å². The summed E-state index contributed by atoms with van der Waals surface area (Å²) in [6.07, 6.45) is 0.754. The first kappa shape index (κ1) is 13.9. The highest BCUT2D eigenvalue weighted by molar-refractivity contribution is 14.1. The highest BCUT2D eigenvalue weighted by Gasteiger charge is 2.04. The Morgan fingerprint density at radius 2 is 1.69 bits per heavy atom. The van der Waals surface area contributed by atoms with Crippen LogP contribution in [0.25, 0.3) is 0 Å². The molecule has 0 saturated carbocycles. The molecular formula is C12H18INO2. The van der Waals surface area contributed by atoms with Crippen molar-refractivity contribution in [3.8, 4) is 0 Å². The van der Waals surface area contributed by atoms with Crippen LogP contribution in [0.3, 0.4) is 0 Å². The lowest BCUT2D eigenvalue weighted by molar-refractivity contribution is 0.174. The topological polar surface area (TPSA) is 43.7 Å². The highest BCUT2D eigenvalue weighted by Crippen LogP contribution is 2.09. The summed E-state index contributed by atoms with van der Waals surface area (Å²) < 4.78 is 1.23. The normalized spacial score (nSPS) is 11.0. The van der Waals surface area contributed by atoms with Crippen molar-refractivity contribution in [2.45, 2.75) is 13.0 Å². The number of aliphatic hydroxyl groups excluding tert-OH is 2. The second-order valence-corrected chi connectivity index (χ2v) is 4.95. The number of hydrogen-bond donors (Lipinski definition) is 2. The van der Waals surface area contributed by atoms with Crippen LogP contribution in [0.4, 0.5) is 0 Å². The minimum atomic E-state index is 0.162. The molecule has 0 aliphatic heterocycles. The molecule has 0 saturated heterocycles. The van der Waals surface area contributed by atoms with Gasteiger partial charge < -0.3 is 10.2 Å². The second-order valence-electron chi connectivity index (χ2n) is 3.70. The van der Waals surface area contributed by atoms with Crippen LogP contribution in [0.2, 0.25) is 0 Å². The minimum Gasteiger partial charge on any atom is -0.396 e. The van der Waals surface area contributed by atoms with Crippen molar-refractivity contribution in [1.82, 2.24) is 4.90 Å². The fraction of sp³-hybridized carbons (Fsp3) is 0.500. The highest BCUT2D eigenvalue weighted by atomic mass is 127. The largest absolute Gasteiger partial charge is 0.396 e. The van der Waals surface area contributed by atoms with Gasteiger partial charge >= 0.3 is 0 Å². The smallest absolute Gasteiger partial charge is 0.0558 e. The van der Waals surface area contributed by atoms with Crippen LogP contribution in [0.1, 0.15) is 12.0 Å². The van der Waals surface area contributed by atoms with Gasteiger partial charge in [0.05, 0.1) is 6.61 Å². The first-order valence-electron chi connectivity index (χ1n) is 5.45. The molecule has 0 amide bonds. The maximum atomic E-state index is 8.95. The molecule has 0 unspecified atom stereocenters. The molecule has 3 nitrogen and oxygen atoms in total. The third-order valence-corrected chi connectivity index (χ3v) is 3.09. The maximum absolute atomic E-state index is 8.95. The molecular weight excluding hydrogens is 317 g/mol. The van der Waals surface area contributed by atoms with Gasteiger partial charge in [0.2, 0.25) is 0 Å². The molecule has 0 atom stereocenters. The van der Waals surface area contributed by atoms with Gasteiger partial charge in [0.25, 0.3) is 0 Å². The molecule has 4 heteroatoms. The van der Waals surface area contributed by atoms with Gasteiger partial charge in [-0.1, -0.05) is 12.1 Å². The molecule has 16 heavy (non-hydrogen) atoms. The van der Waals surface area contributed by atoms with Crippen LogP contribution in [0, 0.1) is 3.57 Å². The molecule has 0 bridgehead atoms. The Bertz CT molecular complexity index is 290. The number of halogens is 1. The first-order chi connectivity index (χ1) is 7.76. The van der Waals surface area contributed by atoms with E-state index >= 15 is 0 Å². The predicted octanol–water partition coefficient (Wildman–Crippen LogP) is 1.47. The van der Waals surface area contributed by atoms with Gasteiger partial charge in [0.15, 0.2) is 0 Å². The third-order valence-electron chi connectivity index (χ3n) is 2.37. The van der Waals surface area contributed by atoms with E-state index in [0.29, 0.717) is 6.54 Å². The molecule has 0 heterocycles. The number of aliphatic hydroxyl groups is 2. The maximum Gasteiger partial charge on any atom is 0.0558 e. The Kier molecular flexibility index (Phi) is 6.95. The summed E-state index contributed by atoms with van der Waals surface area (Å²) in [6.45, 7) is 2.68. The predicted molar refractivity (Wildman–Crippen MR) is 73.2 cm³/mol. The molecule has 0 spiro atoms. The molecule has 0 aliphatic rings. The van der Waals surface area contributed by atoms with Crippen molar-refractivity contribution in [1.29, 1.82) is 0 Å². The zero-order valence-electron chi connectivity index (χ0n) is 9.27. The molecule has 0 aliphatic carbocycles. The zero-order valence-corrected chi connectivity index (χ0v) is 11.4. The van der Waals surface area contributed by atoms with Crippen molar-refractivity contribution in [2.24, 2.45) is 0 Å². The fourth-order valence-corrected chi connectivity index (χ4v) is 1.91. The van der Waals surface area contributed by atoms with E-state index in [1.165, 1.54) is 9.13 Å². The van der Waals surface area contributed by atoms with Crippen molar-refractivity contribution in [3.63, 3.8) is 0 Å². The van der Waals surface area contributed by atoms with Gasteiger partial charge in [-0.3, -0.25) is 4.90 Å². The second kappa shape index (κ2) is 8.00. The van der Waals surface area contributed by atoms with E-state index in [2.05, 4.69) is 51.8 Å². The molecule has 1 rings (SSSR count). The Morgan fingerprint density at radius 1 is 1.00 bits per heavy atom. The van der Waals surface area contributed by atoms with Crippen LogP contribution in [-0.4, -0.2) is 41.4 Å². The lowest BCUT2D eigenvalue weighted by Gasteiger charge is -2.20. The lowest BCUT2D eigenvalue weighted by Crippen LogP contribution is -2.28. The SMILES string of the molecule is OCCCN(CCO)Cc1ccc(I)cc1. The minimum absolute atomic E-state index is 0.162. The third kappa shape index (κ3) is 5.25. The number of nitrogens with zero attached hydrogens (tertiary/aromatic N) is 1. The average Bonchev–Trinajstić information content (AvgIpc) is 2.29. The fourth-order valence-electron chi connectivity index (χ4n) is 1.55. The van der Waals surface area contributed by atoms with Gasteiger partial charge in [0.1, 0.15) is 0 Å². The molecule has 2 N–H and O–H groups in total. The van der Waals surface area contributed by atoms with Crippen molar-refractivity contribution >= 4 is 22.6 Å².